The van der Waals surface area contributed by atoms with E-state index in [0.29, 0.717) is 0 Å². The van der Waals surface area contributed by atoms with Crippen molar-refractivity contribution in [1.82, 2.24) is 0 Å². The molecule has 0 aromatic carbocycles. The minimum Gasteiger partial charge on any atom is -0.461 e. The van der Waals surface area contributed by atoms with Crippen LogP contribution in [0.3, 0.4) is 0 Å². The third-order valence-corrected chi connectivity index (χ3v) is 2.58. The lowest BCUT2D eigenvalue weighted by atomic mass is 10.1. The number of carbonyl (C=O) groups excluding carboxylic acids is 1. The second-order valence-corrected chi connectivity index (χ2v) is 3.84. The second kappa shape index (κ2) is 5.98. The summed E-state index contributed by atoms with van der Waals surface area (Å²) in [4.78, 5) is 11.2. The first kappa shape index (κ1) is 11.5. The number of esters is 1. The maximum absolute atomic E-state index is 11.2. The van der Waals surface area contributed by atoms with Gasteiger partial charge in [-0.15, -0.1) is 0 Å². The summed E-state index contributed by atoms with van der Waals surface area (Å²) in [6.07, 6.45) is 6.56. The van der Waals surface area contributed by atoms with E-state index in [0.717, 1.165) is 25.7 Å². The fourth-order valence-electron chi connectivity index (χ4n) is 1.69. The van der Waals surface area contributed by atoms with Crippen LogP contribution in [0, 0.1) is 0 Å². The van der Waals surface area contributed by atoms with Crippen LogP contribution in [0.15, 0.2) is 0 Å². The van der Waals surface area contributed by atoms with Gasteiger partial charge < -0.3 is 15.6 Å². The highest BCUT2D eigenvalue weighted by atomic mass is 16.5. The molecule has 14 heavy (non-hydrogen) atoms. The SMILES string of the molecule is NC(CO)C(=O)OC1CCCCCC1. The van der Waals surface area contributed by atoms with E-state index >= 15 is 0 Å². The molecule has 3 N–H and O–H groups in total. The number of hydrogen-bond donors (Lipinski definition) is 2. The topological polar surface area (TPSA) is 72.5 Å². The third kappa shape index (κ3) is 3.64. The summed E-state index contributed by atoms with van der Waals surface area (Å²) in [5, 5.41) is 8.66. The Morgan fingerprint density at radius 2 is 1.93 bits per heavy atom. The average Bonchev–Trinajstić information content (AvgIpc) is 2.45. The third-order valence-electron chi connectivity index (χ3n) is 2.58. The lowest BCUT2D eigenvalue weighted by Gasteiger charge is -2.17. The first-order chi connectivity index (χ1) is 6.74. The standard InChI is InChI=1S/C10H19NO3/c11-9(7-12)10(13)14-8-5-3-1-2-4-6-8/h8-9,12H,1-7,11H2. The van der Waals surface area contributed by atoms with Gasteiger partial charge in [0.1, 0.15) is 12.1 Å². The fourth-order valence-corrected chi connectivity index (χ4v) is 1.69. The molecule has 1 saturated carbocycles. The van der Waals surface area contributed by atoms with Crippen molar-refractivity contribution in [1.29, 1.82) is 0 Å². The van der Waals surface area contributed by atoms with E-state index < -0.39 is 12.0 Å². The normalized spacial score (nSPS) is 21.3. The van der Waals surface area contributed by atoms with Gasteiger partial charge in [-0.05, 0) is 25.7 Å². The van der Waals surface area contributed by atoms with Gasteiger partial charge in [0.05, 0.1) is 6.61 Å². The van der Waals surface area contributed by atoms with Crippen molar-refractivity contribution in [3.8, 4) is 0 Å². The van der Waals surface area contributed by atoms with Crippen molar-refractivity contribution in [2.45, 2.75) is 50.7 Å². The quantitative estimate of drug-likeness (QED) is 0.517. The molecule has 0 radical (unpaired) electrons. The van der Waals surface area contributed by atoms with Gasteiger partial charge in [-0.1, -0.05) is 12.8 Å². The zero-order valence-corrected chi connectivity index (χ0v) is 8.45. The molecule has 0 saturated heterocycles. The lowest BCUT2D eigenvalue weighted by molar-refractivity contribution is -0.152. The average molecular weight is 201 g/mol. The van der Waals surface area contributed by atoms with Crippen LogP contribution in [0.25, 0.3) is 0 Å². The van der Waals surface area contributed by atoms with Gasteiger partial charge in [-0.3, -0.25) is 4.79 Å². The zero-order chi connectivity index (χ0) is 10.4. The molecule has 4 heteroatoms. The molecule has 1 unspecified atom stereocenters. The van der Waals surface area contributed by atoms with Gasteiger partial charge in [0.2, 0.25) is 0 Å². The van der Waals surface area contributed by atoms with Crippen LogP contribution in [0.2, 0.25) is 0 Å². The molecule has 0 bridgehead atoms. The Kier molecular flexibility index (Phi) is 4.90. The van der Waals surface area contributed by atoms with E-state index in [1.165, 1.54) is 12.8 Å². The Morgan fingerprint density at radius 1 is 1.36 bits per heavy atom. The van der Waals surface area contributed by atoms with Gasteiger partial charge in [-0.2, -0.15) is 0 Å². The van der Waals surface area contributed by atoms with Crippen molar-refractivity contribution < 1.29 is 14.6 Å². The molecule has 0 heterocycles. The maximum atomic E-state index is 11.2. The van der Waals surface area contributed by atoms with Crippen LogP contribution in [0.4, 0.5) is 0 Å². The Bertz CT molecular complexity index is 176. The molecule has 4 nitrogen and oxygen atoms in total. The fraction of sp³-hybridized carbons (Fsp3) is 0.900. The zero-order valence-electron chi connectivity index (χ0n) is 8.45. The Balaban J connectivity index is 2.30. The molecule has 0 amide bonds. The van der Waals surface area contributed by atoms with Crippen molar-refractivity contribution in [3.63, 3.8) is 0 Å². The molecular formula is C10H19NO3. The number of hydrogen-bond acceptors (Lipinski definition) is 4. The van der Waals surface area contributed by atoms with E-state index in [1.54, 1.807) is 0 Å². The first-order valence-electron chi connectivity index (χ1n) is 5.31. The molecule has 0 aliphatic heterocycles. The second-order valence-electron chi connectivity index (χ2n) is 3.84. The Hall–Kier alpha value is -0.610. The Morgan fingerprint density at radius 3 is 2.43 bits per heavy atom. The predicted octanol–water partition coefficient (Wildman–Crippen LogP) is 0.572. The summed E-state index contributed by atoms with van der Waals surface area (Å²) in [6.45, 7) is -0.342. The number of nitrogens with two attached hydrogens (primary N) is 1. The van der Waals surface area contributed by atoms with Crippen LogP contribution in [-0.2, 0) is 9.53 Å². The summed E-state index contributed by atoms with van der Waals surface area (Å²) in [7, 11) is 0. The van der Waals surface area contributed by atoms with Crippen LogP contribution < -0.4 is 5.73 Å². The summed E-state index contributed by atoms with van der Waals surface area (Å²) < 4.78 is 5.20. The highest BCUT2D eigenvalue weighted by molar-refractivity contribution is 5.75. The van der Waals surface area contributed by atoms with E-state index in [4.69, 9.17) is 15.6 Å². The van der Waals surface area contributed by atoms with E-state index in [2.05, 4.69) is 0 Å². The smallest absolute Gasteiger partial charge is 0.325 e. The number of carbonyl (C=O) groups is 1. The summed E-state index contributed by atoms with van der Waals surface area (Å²) in [5.74, 6) is -0.473. The largest absolute Gasteiger partial charge is 0.461 e. The Labute approximate surface area is 84.4 Å². The van der Waals surface area contributed by atoms with Crippen molar-refractivity contribution in [3.05, 3.63) is 0 Å². The van der Waals surface area contributed by atoms with Crippen LogP contribution in [0.5, 0.6) is 0 Å². The van der Waals surface area contributed by atoms with Crippen molar-refractivity contribution >= 4 is 5.97 Å². The summed E-state index contributed by atoms with van der Waals surface area (Å²) >= 11 is 0. The minimum atomic E-state index is -0.877. The maximum Gasteiger partial charge on any atom is 0.325 e. The van der Waals surface area contributed by atoms with E-state index in [1.807, 2.05) is 0 Å². The monoisotopic (exact) mass is 201 g/mol. The van der Waals surface area contributed by atoms with Crippen molar-refractivity contribution in [2.75, 3.05) is 6.61 Å². The van der Waals surface area contributed by atoms with Crippen molar-refractivity contribution in [2.24, 2.45) is 5.73 Å². The molecular weight excluding hydrogens is 182 g/mol. The molecule has 1 atom stereocenters. The summed E-state index contributed by atoms with van der Waals surface area (Å²) in [5.41, 5.74) is 5.35. The molecule has 0 aromatic rings. The molecule has 1 aliphatic carbocycles. The van der Waals surface area contributed by atoms with E-state index in [9.17, 15) is 4.79 Å². The van der Waals surface area contributed by atoms with Gasteiger partial charge in [0, 0.05) is 0 Å². The van der Waals surface area contributed by atoms with E-state index in [-0.39, 0.29) is 12.7 Å². The predicted molar refractivity (Wildman–Crippen MR) is 52.6 cm³/mol. The molecule has 1 aliphatic rings. The molecule has 0 spiro atoms. The highest BCUT2D eigenvalue weighted by Crippen LogP contribution is 2.19. The lowest BCUT2D eigenvalue weighted by Crippen LogP contribution is -2.37. The van der Waals surface area contributed by atoms with Crippen LogP contribution >= 0.6 is 0 Å². The number of ether oxygens (including phenoxy) is 1. The first-order valence-corrected chi connectivity index (χ1v) is 5.31. The van der Waals surface area contributed by atoms with Gasteiger partial charge >= 0.3 is 5.97 Å². The van der Waals surface area contributed by atoms with Gasteiger partial charge in [0.25, 0.3) is 0 Å². The molecule has 1 fully saturated rings. The number of aliphatic hydroxyl groups excluding tert-OH is 1. The molecule has 1 rings (SSSR count). The molecule has 82 valence electrons. The van der Waals surface area contributed by atoms with Gasteiger partial charge in [-0.25, -0.2) is 0 Å². The minimum absolute atomic E-state index is 0.0163. The number of rotatable bonds is 3. The van der Waals surface area contributed by atoms with Crippen LogP contribution in [0.1, 0.15) is 38.5 Å². The summed E-state index contributed by atoms with van der Waals surface area (Å²) in [6, 6.07) is -0.877. The number of aliphatic hydroxyl groups is 1. The highest BCUT2D eigenvalue weighted by Gasteiger charge is 2.20. The molecule has 0 aromatic heterocycles. The van der Waals surface area contributed by atoms with Gasteiger partial charge in [0.15, 0.2) is 0 Å². The van der Waals surface area contributed by atoms with Crippen LogP contribution in [-0.4, -0.2) is 29.8 Å².